The first-order valence-electron chi connectivity index (χ1n) is 5.74. The normalized spacial score (nSPS) is 10.2. The van der Waals surface area contributed by atoms with Crippen LogP contribution in [0, 0.1) is 0 Å². The van der Waals surface area contributed by atoms with Crippen LogP contribution in [0.5, 0.6) is 0 Å². The third-order valence-corrected chi connectivity index (χ3v) is 2.77. The maximum atomic E-state index is 4.13. The van der Waals surface area contributed by atoms with Gasteiger partial charge in [0.05, 0.1) is 6.20 Å². The molecule has 86 valence electrons. The summed E-state index contributed by atoms with van der Waals surface area (Å²) >= 11 is 0. The van der Waals surface area contributed by atoms with Crippen LogP contribution in [-0.2, 0) is 0 Å². The summed E-state index contributed by atoms with van der Waals surface area (Å²) in [5.41, 5.74) is 0.876. The maximum Gasteiger partial charge on any atom is 0.104 e. The Bertz CT molecular complexity index is 746. The summed E-state index contributed by atoms with van der Waals surface area (Å²) in [5.74, 6) is 0. The number of nitrogens with zero attached hydrogens (tertiary/aromatic N) is 3. The second-order valence-corrected chi connectivity index (χ2v) is 3.93. The fourth-order valence-electron chi connectivity index (χ4n) is 1.90. The molecule has 0 amide bonds. The molecule has 3 nitrogen and oxygen atoms in total. The Labute approximate surface area is 104 Å². The highest BCUT2D eigenvalue weighted by Crippen LogP contribution is 2.20. The van der Waals surface area contributed by atoms with E-state index in [2.05, 4.69) is 27.5 Å². The SMILES string of the molecule is c1ccccc2c(ccc1)ccc1cnnnc12. The molecular weight excluding hydrogens is 222 g/mol. The van der Waals surface area contributed by atoms with Gasteiger partial charge in [0.15, 0.2) is 0 Å². The molecule has 1 aromatic heterocycles. The number of aromatic nitrogens is 3. The molecule has 0 spiro atoms. The van der Waals surface area contributed by atoms with Crippen LogP contribution in [0.3, 0.4) is 0 Å². The molecule has 0 N–H and O–H groups in total. The molecule has 0 aliphatic rings. The summed E-state index contributed by atoms with van der Waals surface area (Å²) in [7, 11) is 0. The zero-order chi connectivity index (χ0) is 12.2. The van der Waals surface area contributed by atoms with E-state index in [-0.39, 0.29) is 0 Å². The van der Waals surface area contributed by atoms with Crippen molar-refractivity contribution in [1.82, 2.24) is 15.4 Å². The highest BCUT2D eigenvalue weighted by Gasteiger charge is 1.99. The Morgan fingerprint density at radius 2 is 1.39 bits per heavy atom. The molecular formula is C15H11N3. The summed E-state index contributed by atoms with van der Waals surface area (Å²) in [6, 6.07) is 20.2. The van der Waals surface area contributed by atoms with Gasteiger partial charge in [0.25, 0.3) is 0 Å². The molecule has 1 heterocycles. The van der Waals surface area contributed by atoms with Crippen molar-refractivity contribution in [2.24, 2.45) is 0 Å². The first-order valence-corrected chi connectivity index (χ1v) is 5.74. The van der Waals surface area contributed by atoms with Gasteiger partial charge in [-0.15, -0.1) is 10.2 Å². The lowest BCUT2D eigenvalue weighted by atomic mass is 10.1. The summed E-state index contributed by atoms with van der Waals surface area (Å²) < 4.78 is 0. The van der Waals surface area contributed by atoms with Gasteiger partial charge >= 0.3 is 0 Å². The predicted octanol–water partition coefficient (Wildman–Crippen LogP) is 3.30. The predicted molar refractivity (Wildman–Crippen MR) is 72.5 cm³/mol. The molecule has 0 unspecified atom stereocenters. The molecule has 3 aromatic rings. The maximum absolute atomic E-state index is 4.13. The van der Waals surface area contributed by atoms with Crippen LogP contribution in [0.2, 0.25) is 0 Å². The van der Waals surface area contributed by atoms with E-state index in [1.807, 2.05) is 48.5 Å². The lowest BCUT2D eigenvalue weighted by molar-refractivity contribution is 0.897. The van der Waals surface area contributed by atoms with Crippen molar-refractivity contribution in [1.29, 1.82) is 0 Å². The van der Waals surface area contributed by atoms with Crippen molar-refractivity contribution in [3.05, 3.63) is 66.9 Å². The Morgan fingerprint density at radius 1 is 0.667 bits per heavy atom. The second kappa shape index (κ2) is 4.75. The van der Waals surface area contributed by atoms with Gasteiger partial charge in [-0.3, -0.25) is 0 Å². The van der Waals surface area contributed by atoms with Gasteiger partial charge in [0.2, 0.25) is 0 Å². The van der Waals surface area contributed by atoms with E-state index in [1.165, 1.54) is 0 Å². The molecule has 2 aromatic carbocycles. The van der Waals surface area contributed by atoms with E-state index in [1.54, 1.807) is 6.20 Å². The standard InChI is InChI=1S/C15H11N3/c1-2-4-6-8-14-12(7-5-3-1)9-10-13-11-16-18-17-15(13)14/h1-11H. The molecule has 0 atom stereocenters. The van der Waals surface area contributed by atoms with Crippen molar-refractivity contribution in [2.45, 2.75) is 0 Å². The summed E-state index contributed by atoms with van der Waals surface area (Å²) in [6.07, 6.45) is 1.73. The Morgan fingerprint density at radius 3 is 2.28 bits per heavy atom. The van der Waals surface area contributed by atoms with Crippen LogP contribution in [0.15, 0.2) is 66.9 Å². The zero-order valence-corrected chi connectivity index (χ0v) is 9.69. The van der Waals surface area contributed by atoms with Gasteiger partial charge in [-0.1, -0.05) is 60.7 Å². The van der Waals surface area contributed by atoms with Gasteiger partial charge in [-0.25, -0.2) is 0 Å². The quantitative estimate of drug-likeness (QED) is 0.598. The third kappa shape index (κ3) is 1.98. The second-order valence-electron chi connectivity index (χ2n) is 3.93. The Kier molecular flexibility index (Phi) is 2.80. The molecule has 0 saturated heterocycles. The number of benzene rings is 1. The first kappa shape index (κ1) is 10.6. The minimum atomic E-state index is 0.876. The average Bonchev–Trinajstić information content (AvgIpc) is 2.44. The summed E-state index contributed by atoms with van der Waals surface area (Å²) in [5, 5.41) is 14.9. The van der Waals surface area contributed by atoms with Crippen LogP contribution in [0.1, 0.15) is 0 Å². The molecule has 0 aliphatic heterocycles. The van der Waals surface area contributed by atoms with Gasteiger partial charge in [0, 0.05) is 10.8 Å². The average molecular weight is 233 g/mol. The van der Waals surface area contributed by atoms with Crippen LogP contribution in [0.25, 0.3) is 21.7 Å². The molecule has 0 bridgehead atoms. The van der Waals surface area contributed by atoms with Gasteiger partial charge in [-0.05, 0) is 10.6 Å². The third-order valence-electron chi connectivity index (χ3n) is 2.77. The van der Waals surface area contributed by atoms with Crippen molar-refractivity contribution in [2.75, 3.05) is 0 Å². The van der Waals surface area contributed by atoms with E-state index in [0.29, 0.717) is 0 Å². The van der Waals surface area contributed by atoms with E-state index in [0.717, 1.165) is 21.7 Å². The van der Waals surface area contributed by atoms with Crippen molar-refractivity contribution >= 4 is 21.7 Å². The van der Waals surface area contributed by atoms with Crippen LogP contribution in [0.4, 0.5) is 0 Å². The zero-order valence-electron chi connectivity index (χ0n) is 9.69. The van der Waals surface area contributed by atoms with Gasteiger partial charge in [-0.2, -0.15) is 0 Å². The molecule has 0 aliphatic carbocycles. The van der Waals surface area contributed by atoms with Crippen LogP contribution >= 0.6 is 0 Å². The molecule has 18 heavy (non-hydrogen) atoms. The highest BCUT2D eigenvalue weighted by molar-refractivity contribution is 6.03. The van der Waals surface area contributed by atoms with E-state index >= 15 is 0 Å². The number of hydrogen-bond donors (Lipinski definition) is 0. The molecule has 3 heteroatoms. The fourth-order valence-corrected chi connectivity index (χ4v) is 1.90. The lowest BCUT2D eigenvalue weighted by Crippen LogP contribution is -1.87. The summed E-state index contributed by atoms with van der Waals surface area (Å²) in [6.45, 7) is 0. The topological polar surface area (TPSA) is 38.7 Å². The van der Waals surface area contributed by atoms with E-state index < -0.39 is 0 Å². The largest absolute Gasteiger partial charge is 0.138 e. The summed E-state index contributed by atoms with van der Waals surface area (Å²) in [4.78, 5) is 0. The first-order chi connectivity index (χ1) is 8.95. The minimum absolute atomic E-state index is 0.876. The Balaban J connectivity index is 2.50. The number of hydrogen-bond acceptors (Lipinski definition) is 3. The van der Waals surface area contributed by atoms with Gasteiger partial charge in [0.1, 0.15) is 5.52 Å². The smallest absolute Gasteiger partial charge is 0.104 e. The number of fused-ring (bicyclic) bond motifs is 3. The van der Waals surface area contributed by atoms with Crippen molar-refractivity contribution < 1.29 is 0 Å². The molecule has 0 radical (unpaired) electrons. The molecule has 0 saturated carbocycles. The van der Waals surface area contributed by atoms with Crippen LogP contribution in [-0.4, -0.2) is 15.4 Å². The molecule has 0 fully saturated rings. The van der Waals surface area contributed by atoms with Gasteiger partial charge < -0.3 is 0 Å². The number of rotatable bonds is 0. The Hall–Kier alpha value is -2.55. The van der Waals surface area contributed by atoms with Crippen molar-refractivity contribution in [3.8, 4) is 0 Å². The minimum Gasteiger partial charge on any atom is -0.138 e. The van der Waals surface area contributed by atoms with E-state index in [4.69, 9.17) is 0 Å². The highest BCUT2D eigenvalue weighted by atomic mass is 15.3. The monoisotopic (exact) mass is 233 g/mol. The molecule has 3 rings (SSSR count). The van der Waals surface area contributed by atoms with Crippen LogP contribution < -0.4 is 0 Å². The van der Waals surface area contributed by atoms with E-state index in [9.17, 15) is 0 Å². The van der Waals surface area contributed by atoms with Crippen molar-refractivity contribution in [3.63, 3.8) is 0 Å². The lowest BCUT2D eigenvalue weighted by Gasteiger charge is -1.98. The fraction of sp³-hybridized carbons (Fsp3) is 0.